The number of esters is 1. The van der Waals surface area contributed by atoms with Crippen LogP contribution in [0.15, 0.2) is 41.8 Å². The number of carbonyl (C=O) groups is 2. The molecular formula is C24H21N3O7. The summed E-state index contributed by atoms with van der Waals surface area (Å²) in [6.07, 6.45) is 4.60. The van der Waals surface area contributed by atoms with Gasteiger partial charge in [-0.05, 0) is 49.2 Å². The summed E-state index contributed by atoms with van der Waals surface area (Å²) in [6.45, 7) is 3.61. The molecule has 0 radical (unpaired) electrons. The quantitative estimate of drug-likeness (QED) is 0.217. The highest BCUT2D eigenvalue weighted by molar-refractivity contribution is 6.03. The van der Waals surface area contributed by atoms with E-state index in [1.54, 1.807) is 26.2 Å². The van der Waals surface area contributed by atoms with Gasteiger partial charge >= 0.3 is 11.9 Å². The Morgan fingerprint density at radius 3 is 2.59 bits per heavy atom. The highest BCUT2D eigenvalue weighted by Crippen LogP contribution is 2.48. The number of benzene rings is 2. The molecule has 1 aliphatic rings. The maximum atomic E-state index is 13.1. The lowest BCUT2D eigenvalue weighted by atomic mass is 10.0. The molecule has 2 heterocycles. The van der Waals surface area contributed by atoms with Crippen LogP contribution in [-0.2, 0) is 6.54 Å². The number of pyridine rings is 1. The third kappa shape index (κ3) is 4.08. The van der Waals surface area contributed by atoms with Gasteiger partial charge in [-0.2, -0.15) is 5.10 Å². The van der Waals surface area contributed by atoms with Gasteiger partial charge in [0.25, 0.3) is 0 Å². The van der Waals surface area contributed by atoms with Crippen molar-refractivity contribution in [1.29, 1.82) is 0 Å². The number of nitrogens with one attached hydrogen (secondary N) is 1. The van der Waals surface area contributed by atoms with Crippen molar-refractivity contribution in [3.05, 3.63) is 70.0 Å². The molecule has 0 saturated carbocycles. The van der Waals surface area contributed by atoms with E-state index in [0.717, 1.165) is 5.56 Å². The van der Waals surface area contributed by atoms with Crippen LogP contribution in [0.4, 0.5) is 0 Å². The molecule has 10 heteroatoms. The van der Waals surface area contributed by atoms with Crippen LogP contribution < -0.4 is 19.6 Å². The number of carbonyl (C=O) groups excluding carboxylic acids is 1. The van der Waals surface area contributed by atoms with E-state index in [1.807, 2.05) is 12.1 Å². The smallest absolute Gasteiger partial charge is 0.347 e. The molecule has 4 rings (SSSR count). The van der Waals surface area contributed by atoms with Crippen LogP contribution in [0.3, 0.4) is 0 Å². The molecule has 0 bridgehead atoms. The Kier molecular flexibility index (Phi) is 6.05. The number of hydrogen-bond donors (Lipinski definition) is 3. The first-order valence-electron chi connectivity index (χ1n) is 10.2. The van der Waals surface area contributed by atoms with Crippen molar-refractivity contribution in [2.24, 2.45) is 5.10 Å². The average Bonchev–Trinajstić information content (AvgIpc) is 2.96. The van der Waals surface area contributed by atoms with Gasteiger partial charge in [0.05, 0.1) is 25.4 Å². The summed E-state index contributed by atoms with van der Waals surface area (Å²) in [4.78, 5) is 29.0. The Morgan fingerprint density at radius 1 is 1.18 bits per heavy atom. The number of hydrazone groups is 1. The second-order valence-corrected chi connectivity index (χ2v) is 7.49. The highest BCUT2D eigenvalue weighted by Gasteiger charge is 2.33. The first-order valence-corrected chi connectivity index (χ1v) is 10.2. The number of carboxylic acid groups (broad SMARTS) is 1. The van der Waals surface area contributed by atoms with Crippen LogP contribution in [0.25, 0.3) is 0 Å². The Hall–Kier alpha value is -4.60. The topological polar surface area (TPSA) is 140 Å². The van der Waals surface area contributed by atoms with Crippen molar-refractivity contribution < 1.29 is 34.0 Å². The van der Waals surface area contributed by atoms with Crippen molar-refractivity contribution in [3.63, 3.8) is 0 Å². The first-order chi connectivity index (χ1) is 16.3. The summed E-state index contributed by atoms with van der Waals surface area (Å²) < 4.78 is 16.8. The van der Waals surface area contributed by atoms with Crippen LogP contribution in [0.2, 0.25) is 0 Å². The van der Waals surface area contributed by atoms with Gasteiger partial charge in [0.2, 0.25) is 0 Å². The summed E-state index contributed by atoms with van der Waals surface area (Å²) in [5.74, 6) is -2.37. The second-order valence-electron chi connectivity index (χ2n) is 7.49. The molecule has 1 aromatic heterocycles. The van der Waals surface area contributed by atoms with Crippen LogP contribution >= 0.6 is 0 Å². The van der Waals surface area contributed by atoms with Gasteiger partial charge in [-0.1, -0.05) is 0 Å². The zero-order chi connectivity index (χ0) is 24.4. The lowest BCUT2D eigenvalue weighted by Crippen LogP contribution is -2.11. The van der Waals surface area contributed by atoms with E-state index in [4.69, 9.17) is 14.2 Å². The fourth-order valence-corrected chi connectivity index (χ4v) is 3.57. The molecule has 10 nitrogen and oxygen atoms in total. The largest absolute Gasteiger partial charge is 0.507 e. The van der Waals surface area contributed by atoms with Gasteiger partial charge < -0.3 is 29.8 Å². The van der Waals surface area contributed by atoms with E-state index < -0.39 is 11.9 Å². The average molecular weight is 463 g/mol. The molecule has 0 unspecified atom stereocenters. The summed E-state index contributed by atoms with van der Waals surface area (Å²) in [5, 5.41) is 24.5. The molecule has 1 aliphatic heterocycles. The van der Waals surface area contributed by atoms with Gasteiger partial charge in [0.1, 0.15) is 22.6 Å². The molecule has 0 aliphatic carbocycles. The van der Waals surface area contributed by atoms with E-state index in [9.17, 15) is 19.8 Å². The number of phenolic OH excluding ortho intramolecular Hbond substituents is 1. The number of nitrogens with zero attached hydrogens (tertiary/aromatic N) is 2. The molecule has 3 aromatic rings. The maximum absolute atomic E-state index is 13.1. The molecule has 0 spiro atoms. The number of aromatic nitrogens is 1. The number of fused-ring (bicyclic) bond motifs is 2. The highest BCUT2D eigenvalue weighted by atomic mass is 16.6. The lowest BCUT2D eigenvalue weighted by Gasteiger charge is -2.16. The van der Waals surface area contributed by atoms with Crippen molar-refractivity contribution in [2.45, 2.75) is 20.4 Å². The van der Waals surface area contributed by atoms with E-state index in [0.29, 0.717) is 17.7 Å². The van der Waals surface area contributed by atoms with Gasteiger partial charge in [-0.15, -0.1) is 0 Å². The summed E-state index contributed by atoms with van der Waals surface area (Å²) >= 11 is 0. The zero-order valence-electron chi connectivity index (χ0n) is 18.6. The monoisotopic (exact) mass is 463 g/mol. The first kappa shape index (κ1) is 22.6. The molecule has 0 amide bonds. The molecule has 0 fully saturated rings. The predicted molar refractivity (Wildman–Crippen MR) is 121 cm³/mol. The van der Waals surface area contributed by atoms with E-state index >= 15 is 0 Å². The normalized spacial score (nSPS) is 12.3. The van der Waals surface area contributed by atoms with Crippen LogP contribution in [0.5, 0.6) is 28.7 Å². The Morgan fingerprint density at radius 2 is 1.91 bits per heavy atom. The minimum Gasteiger partial charge on any atom is -0.507 e. The third-order valence-electron chi connectivity index (χ3n) is 5.30. The third-order valence-corrected chi connectivity index (χ3v) is 5.30. The standard InChI is InChI=1S/C24H21N3O7/c1-12-8-17(28)16(11-27-26-10-14-4-6-25-7-5-14)21-19(12)24(31)34-20-13(2)18(32-3)9-15(23(29)30)22(20)33-21/h4-9,11,26,28H,10H2,1-3H3,(H,29,30). The number of carboxylic acids is 1. The molecule has 2 aromatic carbocycles. The molecule has 0 atom stereocenters. The molecular weight excluding hydrogens is 442 g/mol. The lowest BCUT2D eigenvalue weighted by molar-refractivity contribution is 0.0685. The Bertz CT molecular complexity index is 1320. The van der Waals surface area contributed by atoms with Crippen LogP contribution in [0.1, 0.15) is 43.0 Å². The summed E-state index contributed by atoms with van der Waals surface area (Å²) in [6, 6.07) is 6.31. The predicted octanol–water partition coefficient (Wildman–Crippen LogP) is 3.56. The van der Waals surface area contributed by atoms with Gasteiger partial charge in [0, 0.05) is 18.0 Å². The fraction of sp³-hybridized carbons (Fsp3) is 0.167. The number of aromatic hydroxyl groups is 1. The maximum Gasteiger partial charge on any atom is 0.347 e. The SMILES string of the molecule is COc1cc(C(=O)O)c2c(c1C)OC(=O)c1c(C)cc(O)c(C=NNCc3ccncc3)c1O2. The van der Waals surface area contributed by atoms with E-state index in [-0.39, 0.29) is 45.4 Å². The number of aryl methyl sites for hydroxylation is 1. The van der Waals surface area contributed by atoms with Crippen molar-refractivity contribution >= 4 is 18.2 Å². The molecule has 0 saturated heterocycles. The number of aromatic carboxylic acids is 1. The second kappa shape index (κ2) is 9.10. The zero-order valence-corrected chi connectivity index (χ0v) is 18.6. The fourth-order valence-electron chi connectivity index (χ4n) is 3.57. The molecule has 3 N–H and O–H groups in total. The van der Waals surface area contributed by atoms with E-state index in [1.165, 1.54) is 25.5 Å². The molecule has 34 heavy (non-hydrogen) atoms. The van der Waals surface area contributed by atoms with Gasteiger partial charge in [0.15, 0.2) is 17.2 Å². The van der Waals surface area contributed by atoms with Crippen LogP contribution in [-0.4, -0.2) is 40.5 Å². The number of ether oxygens (including phenoxy) is 3. The molecule has 174 valence electrons. The Balaban J connectivity index is 1.81. The number of rotatable bonds is 6. The number of hydrogen-bond acceptors (Lipinski definition) is 9. The van der Waals surface area contributed by atoms with Crippen molar-refractivity contribution in [2.75, 3.05) is 7.11 Å². The summed E-state index contributed by atoms with van der Waals surface area (Å²) in [7, 11) is 1.38. The van der Waals surface area contributed by atoms with E-state index in [2.05, 4.69) is 15.5 Å². The van der Waals surface area contributed by atoms with Crippen molar-refractivity contribution in [3.8, 4) is 28.7 Å². The minimum absolute atomic E-state index is 0.0410. The van der Waals surface area contributed by atoms with Gasteiger partial charge in [-0.3, -0.25) is 4.98 Å². The Labute approximate surface area is 194 Å². The minimum atomic E-state index is -1.31. The van der Waals surface area contributed by atoms with Crippen molar-refractivity contribution in [1.82, 2.24) is 10.4 Å². The van der Waals surface area contributed by atoms with Gasteiger partial charge in [-0.25, -0.2) is 9.59 Å². The number of phenols is 1. The summed E-state index contributed by atoms with van der Waals surface area (Å²) in [5.41, 5.74) is 4.41. The number of methoxy groups -OCH3 is 1. The van der Waals surface area contributed by atoms with Crippen LogP contribution in [0, 0.1) is 13.8 Å².